The SMILES string of the molecule is CNC1CN(S(=O)(=O)Cl)C1. The van der Waals surface area contributed by atoms with Gasteiger partial charge in [0.25, 0.3) is 9.24 Å². The van der Waals surface area contributed by atoms with Crippen LogP contribution in [-0.4, -0.2) is 38.9 Å². The summed E-state index contributed by atoms with van der Waals surface area (Å²) in [7, 11) is 3.38. The summed E-state index contributed by atoms with van der Waals surface area (Å²) in [5, 5.41) is 2.94. The van der Waals surface area contributed by atoms with Gasteiger partial charge in [-0.2, -0.15) is 12.7 Å². The lowest BCUT2D eigenvalue weighted by Crippen LogP contribution is -2.57. The molecule has 0 saturated carbocycles. The number of halogens is 1. The van der Waals surface area contributed by atoms with Crippen molar-refractivity contribution in [1.82, 2.24) is 9.62 Å². The average Bonchev–Trinajstić information content (AvgIpc) is 1.57. The van der Waals surface area contributed by atoms with Crippen molar-refractivity contribution in [3.8, 4) is 0 Å². The van der Waals surface area contributed by atoms with Crippen LogP contribution in [0.1, 0.15) is 0 Å². The third-order valence-electron chi connectivity index (χ3n) is 1.56. The van der Waals surface area contributed by atoms with Crippen molar-refractivity contribution in [1.29, 1.82) is 0 Å². The zero-order chi connectivity index (χ0) is 7.78. The van der Waals surface area contributed by atoms with Gasteiger partial charge in [-0.05, 0) is 7.05 Å². The fourth-order valence-electron chi connectivity index (χ4n) is 0.799. The molecule has 60 valence electrons. The first-order chi connectivity index (χ1) is 4.54. The molecule has 0 amide bonds. The average molecular weight is 185 g/mol. The first-order valence-corrected chi connectivity index (χ1v) is 5.17. The minimum absolute atomic E-state index is 0.272. The normalized spacial score (nSPS) is 22.6. The van der Waals surface area contributed by atoms with Gasteiger partial charge in [-0.1, -0.05) is 0 Å². The smallest absolute Gasteiger partial charge is 0.299 e. The molecule has 1 aliphatic rings. The molecule has 0 atom stereocenters. The van der Waals surface area contributed by atoms with Crippen LogP contribution in [-0.2, 0) is 9.24 Å². The van der Waals surface area contributed by atoms with Crippen LogP contribution >= 0.6 is 10.7 Å². The second-order valence-electron chi connectivity index (χ2n) is 2.24. The molecule has 1 fully saturated rings. The molecule has 1 heterocycles. The molecule has 0 radical (unpaired) electrons. The molecule has 0 bridgehead atoms. The number of rotatable bonds is 2. The van der Waals surface area contributed by atoms with E-state index < -0.39 is 9.24 Å². The molecule has 6 heteroatoms. The van der Waals surface area contributed by atoms with Gasteiger partial charge in [0.15, 0.2) is 0 Å². The van der Waals surface area contributed by atoms with Gasteiger partial charge >= 0.3 is 0 Å². The number of hydrogen-bond acceptors (Lipinski definition) is 3. The Morgan fingerprint density at radius 2 is 2.10 bits per heavy atom. The van der Waals surface area contributed by atoms with Gasteiger partial charge < -0.3 is 5.32 Å². The summed E-state index contributed by atoms with van der Waals surface area (Å²) >= 11 is 0. The van der Waals surface area contributed by atoms with Crippen LogP contribution in [0.15, 0.2) is 0 Å². The zero-order valence-corrected chi connectivity index (χ0v) is 7.11. The molecule has 1 aliphatic heterocycles. The van der Waals surface area contributed by atoms with E-state index in [1.807, 2.05) is 0 Å². The Kier molecular flexibility index (Phi) is 2.19. The fraction of sp³-hybridized carbons (Fsp3) is 1.00. The Bertz CT molecular complexity index is 209. The van der Waals surface area contributed by atoms with Gasteiger partial charge in [0, 0.05) is 29.8 Å². The Balaban J connectivity index is 2.41. The maximum Gasteiger partial charge on any atom is 0.299 e. The Morgan fingerprint density at radius 1 is 1.60 bits per heavy atom. The van der Waals surface area contributed by atoms with Gasteiger partial charge in [-0.15, -0.1) is 0 Å². The van der Waals surface area contributed by atoms with Crippen molar-refractivity contribution in [2.24, 2.45) is 0 Å². The molecule has 4 nitrogen and oxygen atoms in total. The van der Waals surface area contributed by atoms with E-state index in [-0.39, 0.29) is 6.04 Å². The van der Waals surface area contributed by atoms with Crippen LogP contribution in [0.25, 0.3) is 0 Å². The van der Waals surface area contributed by atoms with E-state index >= 15 is 0 Å². The first-order valence-electron chi connectivity index (χ1n) is 2.91. The number of nitrogens with one attached hydrogen (secondary N) is 1. The van der Waals surface area contributed by atoms with E-state index in [0.717, 1.165) is 0 Å². The van der Waals surface area contributed by atoms with E-state index in [0.29, 0.717) is 13.1 Å². The van der Waals surface area contributed by atoms with Crippen molar-refractivity contribution in [3.63, 3.8) is 0 Å². The van der Waals surface area contributed by atoms with Crippen LogP contribution in [0.5, 0.6) is 0 Å². The topological polar surface area (TPSA) is 49.4 Å². The maximum atomic E-state index is 10.5. The van der Waals surface area contributed by atoms with Crippen LogP contribution in [0.3, 0.4) is 0 Å². The second kappa shape index (κ2) is 2.65. The molecule has 1 saturated heterocycles. The lowest BCUT2D eigenvalue weighted by Gasteiger charge is -2.35. The van der Waals surface area contributed by atoms with Crippen molar-refractivity contribution < 1.29 is 8.42 Å². The Labute approximate surface area is 64.7 Å². The third kappa shape index (κ3) is 1.60. The van der Waals surface area contributed by atoms with E-state index in [4.69, 9.17) is 10.7 Å². The minimum atomic E-state index is -3.44. The minimum Gasteiger partial charge on any atom is -0.314 e. The van der Waals surface area contributed by atoms with Gasteiger partial charge in [0.2, 0.25) is 0 Å². The molecule has 0 aromatic heterocycles. The van der Waals surface area contributed by atoms with Gasteiger partial charge in [-0.25, -0.2) is 0 Å². The van der Waals surface area contributed by atoms with Gasteiger partial charge in [-0.3, -0.25) is 0 Å². The maximum absolute atomic E-state index is 10.5. The van der Waals surface area contributed by atoms with Crippen molar-refractivity contribution in [2.75, 3.05) is 20.1 Å². The van der Waals surface area contributed by atoms with E-state index in [9.17, 15) is 8.42 Å². The van der Waals surface area contributed by atoms with E-state index in [1.54, 1.807) is 7.05 Å². The molecular formula is C4H9ClN2O2S. The van der Waals surface area contributed by atoms with Crippen molar-refractivity contribution >= 4 is 19.9 Å². The van der Waals surface area contributed by atoms with Crippen LogP contribution < -0.4 is 5.32 Å². The van der Waals surface area contributed by atoms with E-state index in [2.05, 4.69) is 5.32 Å². The summed E-state index contributed by atoms with van der Waals surface area (Å²) in [6.07, 6.45) is 0. The number of nitrogens with zero attached hydrogens (tertiary/aromatic N) is 1. The molecular weight excluding hydrogens is 176 g/mol. The van der Waals surface area contributed by atoms with E-state index in [1.165, 1.54) is 4.31 Å². The molecule has 10 heavy (non-hydrogen) atoms. The largest absolute Gasteiger partial charge is 0.314 e. The molecule has 0 unspecified atom stereocenters. The third-order valence-corrected chi connectivity index (χ3v) is 3.07. The van der Waals surface area contributed by atoms with Crippen molar-refractivity contribution in [2.45, 2.75) is 6.04 Å². The van der Waals surface area contributed by atoms with Gasteiger partial charge in [0.1, 0.15) is 0 Å². The Morgan fingerprint density at radius 3 is 2.40 bits per heavy atom. The Hall–Kier alpha value is 0.160. The van der Waals surface area contributed by atoms with Crippen LogP contribution in [0.2, 0.25) is 0 Å². The second-order valence-corrected chi connectivity index (χ2v) is 4.76. The monoisotopic (exact) mass is 184 g/mol. The summed E-state index contributed by atoms with van der Waals surface area (Å²) in [6.45, 7) is 0.977. The molecule has 0 aromatic rings. The molecule has 1 rings (SSSR count). The standard InChI is InChI=1S/C4H9ClN2O2S/c1-6-4-2-7(3-4)10(5,8)9/h4,6H,2-3H2,1H3. The summed E-state index contributed by atoms with van der Waals surface area (Å²) in [5.41, 5.74) is 0. The van der Waals surface area contributed by atoms with Crippen LogP contribution in [0.4, 0.5) is 0 Å². The summed E-state index contributed by atoms with van der Waals surface area (Å²) in [4.78, 5) is 0. The molecule has 1 N–H and O–H groups in total. The number of likely N-dealkylation sites (N-methyl/N-ethyl adjacent to an activating group) is 1. The fourth-order valence-corrected chi connectivity index (χ4v) is 1.85. The summed E-state index contributed by atoms with van der Waals surface area (Å²) in [6, 6.07) is 0.272. The lowest BCUT2D eigenvalue weighted by atomic mass is 10.2. The summed E-state index contributed by atoms with van der Waals surface area (Å²) < 4.78 is 22.3. The van der Waals surface area contributed by atoms with Crippen LogP contribution in [0, 0.1) is 0 Å². The quantitative estimate of drug-likeness (QED) is 0.582. The predicted octanol–water partition coefficient (Wildman–Crippen LogP) is -0.626. The molecule has 0 aliphatic carbocycles. The lowest BCUT2D eigenvalue weighted by molar-refractivity contribution is 0.241. The molecule has 0 aromatic carbocycles. The predicted molar refractivity (Wildman–Crippen MR) is 39.2 cm³/mol. The first kappa shape index (κ1) is 8.26. The molecule has 0 spiro atoms. The highest BCUT2D eigenvalue weighted by molar-refractivity contribution is 8.11. The highest BCUT2D eigenvalue weighted by atomic mass is 35.7. The zero-order valence-electron chi connectivity index (χ0n) is 5.54. The van der Waals surface area contributed by atoms with Crippen molar-refractivity contribution in [3.05, 3.63) is 0 Å². The highest BCUT2D eigenvalue weighted by Gasteiger charge is 2.33. The summed E-state index contributed by atoms with van der Waals surface area (Å²) in [5.74, 6) is 0. The highest BCUT2D eigenvalue weighted by Crippen LogP contribution is 2.15. The van der Waals surface area contributed by atoms with Gasteiger partial charge in [0.05, 0.1) is 0 Å². The number of hydrogen-bond donors (Lipinski definition) is 1.